The summed E-state index contributed by atoms with van der Waals surface area (Å²) in [6, 6.07) is 3.61. The lowest BCUT2D eigenvalue weighted by molar-refractivity contribution is -0.119. The number of rotatable bonds is 5. The first kappa shape index (κ1) is 16.9. The van der Waals surface area contributed by atoms with Gasteiger partial charge in [0.05, 0.1) is 6.54 Å². The molecular weight excluding hydrogens is 348 g/mol. The number of amides is 2. The Hall–Kier alpha value is -1.47. The van der Waals surface area contributed by atoms with E-state index in [-0.39, 0.29) is 11.8 Å². The SMILES string of the molecule is CC(=O)NCC1CCN(CC(=O)Nc2ccc(Br)cn2)CC1. The van der Waals surface area contributed by atoms with Gasteiger partial charge in [0, 0.05) is 24.1 Å². The molecule has 2 amide bonds. The summed E-state index contributed by atoms with van der Waals surface area (Å²) in [6.45, 7) is 4.41. The van der Waals surface area contributed by atoms with Crippen LogP contribution in [-0.2, 0) is 9.59 Å². The van der Waals surface area contributed by atoms with Crippen LogP contribution in [0.3, 0.4) is 0 Å². The average Bonchev–Trinajstić information content (AvgIpc) is 2.49. The van der Waals surface area contributed by atoms with Gasteiger partial charge < -0.3 is 10.6 Å². The number of hydrogen-bond donors (Lipinski definition) is 2. The number of hydrogen-bond acceptors (Lipinski definition) is 4. The molecule has 0 saturated carbocycles. The Kier molecular flexibility index (Phi) is 6.33. The molecular formula is C15H21BrN4O2. The van der Waals surface area contributed by atoms with Crippen molar-refractivity contribution in [2.75, 3.05) is 31.5 Å². The van der Waals surface area contributed by atoms with E-state index in [4.69, 9.17) is 0 Å². The van der Waals surface area contributed by atoms with Gasteiger partial charge in [-0.1, -0.05) is 0 Å². The van der Waals surface area contributed by atoms with Crippen molar-refractivity contribution in [1.82, 2.24) is 15.2 Å². The second kappa shape index (κ2) is 8.24. The van der Waals surface area contributed by atoms with Crippen molar-refractivity contribution in [3.8, 4) is 0 Å². The molecule has 1 aliphatic heterocycles. The van der Waals surface area contributed by atoms with Gasteiger partial charge in [-0.2, -0.15) is 0 Å². The molecule has 0 atom stereocenters. The summed E-state index contributed by atoms with van der Waals surface area (Å²) in [5.41, 5.74) is 0. The largest absolute Gasteiger partial charge is 0.356 e. The van der Waals surface area contributed by atoms with Crippen LogP contribution in [0.25, 0.3) is 0 Å². The predicted molar refractivity (Wildman–Crippen MR) is 88.4 cm³/mol. The van der Waals surface area contributed by atoms with E-state index in [0.29, 0.717) is 18.3 Å². The van der Waals surface area contributed by atoms with E-state index in [1.807, 2.05) is 6.07 Å². The Labute approximate surface area is 138 Å². The van der Waals surface area contributed by atoms with Crippen molar-refractivity contribution in [1.29, 1.82) is 0 Å². The number of aromatic nitrogens is 1. The molecule has 0 radical (unpaired) electrons. The highest BCUT2D eigenvalue weighted by atomic mass is 79.9. The second-order valence-corrected chi connectivity index (χ2v) is 6.48. The number of likely N-dealkylation sites (tertiary alicyclic amines) is 1. The van der Waals surface area contributed by atoms with Gasteiger partial charge in [-0.05, 0) is 59.9 Å². The summed E-state index contributed by atoms with van der Waals surface area (Å²) >= 11 is 3.31. The van der Waals surface area contributed by atoms with Gasteiger partial charge in [-0.25, -0.2) is 4.98 Å². The highest BCUT2D eigenvalue weighted by Crippen LogP contribution is 2.16. The molecule has 0 spiro atoms. The van der Waals surface area contributed by atoms with E-state index in [0.717, 1.165) is 36.9 Å². The summed E-state index contributed by atoms with van der Waals surface area (Å²) < 4.78 is 0.881. The van der Waals surface area contributed by atoms with E-state index in [1.54, 1.807) is 12.3 Å². The molecule has 1 aromatic rings. The van der Waals surface area contributed by atoms with Gasteiger partial charge in [0.15, 0.2) is 0 Å². The molecule has 0 aromatic carbocycles. The molecule has 2 N–H and O–H groups in total. The van der Waals surface area contributed by atoms with Crippen LogP contribution >= 0.6 is 15.9 Å². The van der Waals surface area contributed by atoms with Gasteiger partial charge in [-0.15, -0.1) is 0 Å². The van der Waals surface area contributed by atoms with Crippen molar-refractivity contribution in [3.63, 3.8) is 0 Å². The zero-order valence-electron chi connectivity index (χ0n) is 12.6. The standard InChI is InChI=1S/C15H21BrN4O2/c1-11(21)17-8-12-4-6-20(7-5-12)10-15(22)19-14-3-2-13(16)9-18-14/h2-3,9,12H,4-8,10H2,1H3,(H,17,21)(H,18,19,22). The van der Waals surface area contributed by atoms with E-state index in [2.05, 4.69) is 36.4 Å². The van der Waals surface area contributed by atoms with Crippen LogP contribution in [0, 0.1) is 5.92 Å². The van der Waals surface area contributed by atoms with Crippen LogP contribution in [0.2, 0.25) is 0 Å². The lowest BCUT2D eigenvalue weighted by Crippen LogP contribution is -2.41. The van der Waals surface area contributed by atoms with Crippen molar-refractivity contribution >= 4 is 33.6 Å². The van der Waals surface area contributed by atoms with Crippen LogP contribution in [-0.4, -0.2) is 47.9 Å². The third kappa shape index (κ3) is 5.73. The molecule has 6 nitrogen and oxygen atoms in total. The van der Waals surface area contributed by atoms with Gasteiger partial charge in [0.2, 0.25) is 11.8 Å². The Morgan fingerprint density at radius 1 is 1.36 bits per heavy atom. The lowest BCUT2D eigenvalue weighted by Gasteiger charge is -2.31. The van der Waals surface area contributed by atoms with Gasteiger partial charge in [-0.3, -0.25) is 14.5 Å². The molecule has 22 heavy (non-hydrogen) atoms. The number of pyridine rings is 1. The molecule has 0 bridgehead atoms. The van der Waals surface area contributed by atoms with E-state index < -0.39 is 0 Å². The fourth-order valence-corrected chi connectivity index (χ4v) is 2.71. The highest BCUT2D eigenvalue weighted by molar-refractivity contribution is 9.10. The van der Waals surface area contributed by atoms with Crippen LogP contribution in [0.15, 0.2) is 22.8 Å². The molecule has 1 aromatic heterocycles. The number of carbonyl (C=O) groups excluding carboxylic acids is 2. The number of anilines is 1. The minimum absolute atomic E-state index is 0.0174. The van der Waals surface area contributed by atoms with Gasteiger partial charge in [0.1, 0.15) is 5.82 Å². The highest BCUT2D eigenvalue weighted by Gasteiger charge is 2.21. The van der Waals surface area contributed by atoms with Crippen molar-refractivity contribution in [2.45, 2.75) is 19.8 Å². The summed E-state index contributed by atoms with van der Waals surface area (Å²) in [5.74, 6) is 1.05. The molecule has 120 valence electrons. The third-order valence-corrected chi connectivity index (χ3v) is 4.18. The maximum atomic E-state index is 12.0. The summed E-state index contributed by atoms with van der Waals surface area (Å²) in [5, 5.41) is 5.66. The summed E-state index contributed by atoms with van der Waals surface area (Å²) in [7, 11) is 0. The van der Waals surface area contributed by atoms with E-state index >= 15 is 0 Å². The maximum absolute atomic E-state index is 12.0. The Bertz CT molecular complexity index is 513. The number of nitrogens with one attached hydrogen (secondary N) is 2. The van der Waals surface area contributed by atoms with Crippen molar-refractivity contribution < 1.29 is 9.59 Å². The topological polar surface area (TPSA) is 74.3 Å². The van der Waals surface area contributed by atoms with E-state index in [9.17, 15) is 9.59 Å². The fraction of sp³-hybridized carbons (Fsp3) is 0.533. The summed E-state index contributed by atoms with van der Waals surface area (Å²) in [4.78, 5) is 29.2. The van der Waals surface area contributed by atoms with Gasteiger partial charge in [0.25, 0.3) is 0 Å². The summed E-state index contributed by atoms with van der Waals surface area (Å²) in [6.07, 6.45) is 3.66. The molecule has 0 unspecified atom stereocenters. The number of carbonyl (C=O) groups is 2. The first-order valence-corrected chi connectivity index (χ1v) is 8.20. The molecule has 1 fully saturated rings. The number of piperidine rings is 1. The number of nitrogens with zero attached hydrogens (tertiary/aromatic N) is 2. The molecule has 7 heteroatoms. The minimum Gasteiger partial charge on any atom is -0.356 e. The molecule has 1 saturated heterocycles. The smallest absolute Gasteiger partial charge is 0.239 e. The monoisotopic (exact) mass is 368 g/mol. The normalized spacial score (nSPS) is 16.3. The number of halogens is 1. The Morgan fingerprint density at radius 2 is 2.09 bits per heavy atom. The molecule has 2 heterocycles. The second-order valence-electron chi connectivity index (χ2n) is 5.57. The lowest BCUT2D eigenvalue weighted by atomic mass is 9.97. The van der Waals surface area contributed by atoms with Crippen LogP contribution in [0.1, 0.15) is 19.8 Å². The third-order valence-electron chi connectivity index (χ3n) is 3.71. The Balaban J connectivity index is 1.70. The zero-order chi connectivity index (χ0) is 15.9. The van der Waals surface area contributed by atoms with Crippen LogP contribution < -0.4 is 10.6 Å². The average molecular weight is 369 g/mol. The molecule has 0 aliphatic carbocycles. The molecule has 2 rings (SSSR count). The van der Waals surface area contributed by atoms with Crippen LogP contribution in [0.4, 0.5) is 5.82 Å². The Morgan fingerprint density at radius 3 is 2.68 bits per heavy atom. The van der Waals surface area contributed by atoms with Gasteiger partial charge >= 0.3 is 0 Å². The van der Waals surface area contributed by atoms with E-state index in [1.165, 1.54) is 6.92 Å². The fourth-order valence-electron chi connectivity index (χ4n) is 2.47. The van der Waals surface area contributed by atoms with Crippen molar-refractivity contribution in [2.24, 2.45) is 5.92 Å². The zero-order valence-corrected chi connectivity index (χ0v) is 14.2. The van der Waals surface area contributed by atoms with Crippen LogP contribution in [0.5, 0.6) is 0 Å². The molecule has 1 aliphatic rings. The quantitative estimate of drug-likeness (QED) is 0.828. The maximum Gasteiger partial charge on any atom is 0.239 e. The first-order chi connectivity index (χ1) is 10.5. The minimum atomic E-state index is -0.0462. The first-order valence-electron chi connectivity index (χ1n) is 7.41. The predicted octanol–water partition coefficient (Wildman–Crippen LogP) is 1.63. The van der Waals surface area contributed by atoms with Crippen molar-refractivity contribution in [3.05, 3.63) is 22.8 Å².